The number of nitrogens with one attached hydrogen (secondary N) is 1. The smallest absolute Gasteiger partial charge is 0.273 e. The zero-order valence-electron chi connectivity index (χ0n) is 10.5. The summed E-state index contributed by atoms with van der Waals surface area (Å²) in [4.78, 5) is 10.3. The largest absolute Gasteiger partial charge is 0.491 e. The average molecular weight is 250 g/mol. The minimum Gasteiger partial charge on any atom is -0.491 e. The number of hydrogen-bond donors (Lipinski definition) is 1. The van der Waals surface area contributed by atoms with Gasteiger partial charge >= 0.3 is 0 Å². The quantitative estimate of drug-likeness (QED) is 0.658. The number of non-ortho nitro benzene ring substituents is 1. The predicted octanol–water partition coefficient (Wildman–Crippen LogP) is 2.42. The first kappa shape index (κ1) is 12.8. The molecule has 1 N–H and O–H groups in total. The van der Waals surface area contributed by atoms with Crippen molar-refractivity contribution >= 4 is 5.69 Å². The standard InChI is InChI=1S/C13H18N2O3/c1-10-5-6-12(15(16)17)8-13(10)18-9-11-4-2-3-7-14-11/h5-6,8,11,14H,2-4,7,9H2,1H3. The molecule has 1 saturated heterocycles. The van der Waals surface area contributed by atoms with Crippen molar-refractivity contribution in [2.75, 3.05) is 13.2 Å². The lowest BCUT2D eigenvalue weighted by Gasteiger charge is -2.23. The molecule has 0 amide bonds. The normalized spacial score (nSPS) is 19.5. The fraction of sp³-hybridized carbons (Fsp3) is 0.538. The van der Waals surface area contributed by atoms with E-state index < -0.39 is 4.92 Å². The van der Waals surface area contributed by atoms with Gasteiger partial charge in [0.05, 0.1) is 11.0 Å². The van der Waals surface area contributed by atoms with Crippen molar-refractivity contribution in [2.45, 2.75) is 32.2 Å². The zero-order valence-corrected chi connectivity index (χ0v) is 10.5. The summed E-state index contributed by atoms with van der Waals surface area (Å²) < 4.78 is 5.70. The summed E-state index contributed by atoms with van der Waals surface area (Å²) >= 11 is 0. The minimum absolute atomic E-state index is 0.0761. The van der Waals surface area contributed by atoms with E-state index in [9.17, 15) is 10.1 Å². The summed E-state index contributed by atoms with van der Waals surface area (Å²) in [6, 6.07) is 5.08. The molecule has 18 heavy (non-hydrogen) atoms. The Morgan fingerprint density at radius 3 is 3.00 bits per heavy atom. The number of rotatable bonds is 4. The maximum absolute atomic E-state index is 10.7. The predicted molar refractivity (Wildman–Crippen MR) is 69.0 cm³/mol. The lowest BCUT2D eigenvalue weighted by Crippen LogP contribution is -2.38. The molecule has 1 atom stereocenters. The van der Waals surface area contributed by atoms with E-state index in [0.717, 1.165) is 18.5 Å². The molecule has 1 unspecified atom stereocenters. The van der Waals surface area contributed by atoms with E-state index >= 15 is 0 Å². The summed E-state index contributed by atoms with van der Waals surface area (Å²) in [6.45, 7) is 3.50. The third kappa shape index (κ3) is 3.20. The topological polar surface area (TPSA) is 64.4 Å². The first-order valence-electron chi connectivity index (χ1n) is 6.28. The summed E-state index contributed by atoms with van der Waals surface area (Å²) in [6.07, 6.45) is 3.54. The molecule has 0 radical (unpaired) electrons. The number of aryl methyl sites for hydroxylation is 1. The first-order chi connectivity index (χ1) is 8.66. The molecule has 1 heterocycles. The van der Waals surface area contributed by atoms with E-state index in [4.69, 9.17) is 4.74 Å². The van der Waals surface area contributed by atoms with Crippen molar-refractivity contribution in [1.29, 1.82) is 0 Å². The SMILES string of the molecule is Cc1ccc([N+](=O)[O-])cc1OCC1CCCCN1. The Morgan fingerprint density at radius 2 is 2.33 bits per heavy atom. The zero-order chi connectivity index (χ0) is 13.0. The van der Waals surface area contributed by atoms with Gasteiger partial charge in [0.15, 0.2) is 0 Å². The van der Waals surface area contributed by atoms with Crippen LogP contribution < -0.4 is 10.1 Å². The number of nitro groups is 1. The summed E-state index contributed by atoms with van der Waals surface area (Å²) in [7, 11) is 0. The number of hydrogen-bond acceptors (Lipinski definition) is 4. The summed E-state index contributed by atoms with van der Waals surface area (Å²) in [5, 5.41) is 14.1. The number of benzene rings is 1. The van der Waals surface area contributed by atoms with Crippen LogP contribution in [-0.2, 0) is 0 Å². The van der Waals surface area contributed by atoms with Gasteiger partial charge in [-0.1, -0.05) is 6.42 Å². The highest BCUT2D eigenvalue weighted by atomic mass is 16.6. The molecule has 2 rings (SSSR count). The van der Waals surface area contributed by atoms with Crippen LogP contribution in [0, 0.1) is 17.0 Å². The van der Waals surface area contributed by atoms with Crippen molar-refractivity contribution in [3.63, 3.8) is 0 Å². The number of piperidine rings is 1. The third-order valence-electron chi connectivity index (χ3n) is 3.23. The molecule has 0 aromatic heterocycles. The van der Waals surface area contributed by atoms with Crippen LogP contribution in [0.1, 0.15) is 24.8 Å². The second-order valence-corrected chi connectivity index (χ2v) is 4.66. The lowest BCUT2D eigenvalue weighted by molar-refractivity contribution is -0.384. The van der Waals surface area contributed by atoms with Gasteiger partial charge in [-0.25, -0.2) is 0 Å². The number of nitrogens with zero attached hydrogens (tertiary/aromatic N) is 1. The van der Waals surface area contributed by atoms with Gasteiger partial charge in [-0.2, -0.15) is 0 Å². The second-order valence-electron chi connectivity index (χ2n) is 4.66. The van der Waals surface area contributed by atoms with Gasteiger partial charge in [-0.3, -0.25) is 10.1 Å². The highest BCUT2D eigenvalue weighted by Gasteiger charge is 2.15. The molecular formula is C13H18N2O3. The number of ether oxygens (including phenoxy) is 1. The van der Waals surface area contributed by atoms with E-state index in [-0.39, 0.29) is 5.69 Å². The Labute approximate surface area is 106 Å². The summed E-state index contributed by atoms with van der Waals surface area (Å²) in [5.74, 6) is 0.608. The molecule has 5 heteroatoms. The van der Waals surface area contributed by atoms with Gasteiger partial charge in [-0.05, 0) is 37.9 Å². The van der Waals surface area contributed by atoms with Crippen molar-refractivity contribution in [3.05, 3.63) is 33.9 Å². The monoisotopic (exact) mass is 250 g/mol. The van der Waals surface area contributed by atoms with E-state index in [2.05, 4.69) is 5.32 Å². The minimum atomic E-state index is -0.398. The van der Waals surface area contributed by atoms with Crippen LogP contribution in [-0.4, -0.2) is 24.1 Å². The Balaban J connectivity index is 1.99. The maximum atomic E-state index is 10.7. The van der Waals surface area contributed by atoms with Crippen molar-refractivity contribution in [2.24, 2.45) is 0 Å². The molecule has 1 aliphatic rings. The fourth-order valence-electron chi connectivity index (χ4n) is 2.11. The molecule has 5 nitrogen and oxygen atoms in total. The third-order valence-corrected chi connectivity index (χ3v) is 3.23. The van der Waals surface area contributed by atoms with E-state index in [1.54, 1.807) is 6.07 Å². The molecule has 1 fully saturated rings. The Morgan fingerprint density at radius 1 is 1.50 bits per heavy atom. The number of nitro benzene ring substituents is 1. The molecule has 98 valence electrons. The Kier molecular flexibility index (Phi) is 4.15. The van der Waals surface area contributed by atoms with E-state index in [1.807, 2.05) is 6.92 Å². The fourth-order valence-corrected chi connectivity index (χ4v) is 2.11. The molecule has 0 saturated carbocycles. The molecule has 1 aromatic rings. The van der Waals surface area contributed by atoms with E-state index in [0.29, 0.717) is 18.4 Å². The van der Waals surface area contributed by atoms with Crippen LogP contribution in [0.3, 0.4) is 0 Å². The molecule has 1 aliphatic heterocycles. The van der Waals surface area contributed by atoms with Gasteiger partial charge in [0.1, 0.15) is 12.4 Å². The Bertz CT molecular complexity index is 428. The average Bonchev–Trinajstić information content (AvgIpc) is 2.38. The van der Waals surface area contributed by atoms with Crippen molar-refractivity contribution < 1.29 is 9.66 Å². The van der Waals surface area contributed by atoms with Crippen LogP contribution in [0.25, 0.3) is 0 Å². The van der Waals surface area contributed by atoms with Gasteiger partial charge in [0.2, 0.25) is 0 Å². The van der Waals surface area contributed by atoms with Crippen LogP contribution in [0.15, 0.2) is 18.2 Å². The van der Waals surface area contributed by atoms with Crippen LogP contribution >= 0.6 is 0 Å². The molecule has 0 aliphatic carbocycles. The summed E-state index contributed by atoms with van der Waals surface area (Å²) in [5.41, 5.74) is 1.00. The van der Waals surface area contributed by atoms with Gasteiger partial charge in [-0.15, -0.1) is 0 Å². The maximum Gasteiger partial charge on any atom is 0.273 e. The Hall–Kier alpha value is -1.62. The van der Waals surface area contributed by atoms with Crippen LogP contribution in [0.4, 0.5) is 5.69 Å². The molecule has 1 aromatic carbocycles. The van der Waals surface area contributed by atoms with E-state index in [1.165, 1.54) is 25.0 Å². The van der Waals surface area contributed by atoms with Crippen LogP contribution in [0.5, 0.6) is 5.75 Å². The van der Waals surface area contributed by atoms with Crippen molar-refractivity contribution in [1.82, 2.24) is 5.32 Å². The van der Waals surface area contributed by atoms with Crippen molar-refractivity contribution in [3.8, 4) is 5.75 Å². The van der Waals surface area contributed by atoms with Gasteiger partial charge in [0, 0.05) is 12.1 Å². The molecule has 0 bridgehead atoms. The molecular weight excluding hydrogens is 232 g/mol. The highest BCUT2D eigenvalue weighted by Crippen LogP contribution is 2.24. The highest BCUT2D eigenvalue weighted by molar-refractivity contribution is 5.43. The van der Waals surface area contributed by atoms with Gasteiger partial charge in [0.25, 0.3) is 5.69 Å². The van der Waals surface area contributed by atoms with Gasteiger partial charge < -0.3 is 10.1 Å². The molecule has 0 spiro atoms. The first-order valence-corrected chi connectivity index (χ1v) is 6.28. The van der Waals surface area contributed by atoms with Crippen LogP contribution in [0.2, 0.25) is 0 Å². The second kappa shape index (κ2) is 5.82. The lowest BCUT2D eigenvalue weighted by atomic mass is 10.1.